The Morgan fingerprint density at radius 1 is 0.500 bits per heavy atom. The van der Waals surface area contributed by atoms with Gasteiger partial charge in [0.25, 0.3) is 5.91 Å². The van der Waals surface area contributed by atoms with Gasteiger partial charge in [-0.15, -0.1) is 10.2 Å². The highest BCUT2D eigenvalue weighted by Gasteiger charge is 2.28. The Hall–Kier alpha value is -10.3. The van der Waals surface area contributed by atoms with E-state index < -0.39 is 5.91 Å². The van der Waals surface area contributed by atoms with Crippen LogP contribution >= 0.6 is 11.6 Å². The molecule has 11 aromatic carbocycles. The Labute approximate surface area is 465 Å². The van der Waals surface area contributed by atoms with Gasteiger partial charge in [-0.25, -0.2) is 0 Å². The fraction of sp³-hybridized carbons (Fsp3) is 0.0448. The van der Waals surface area contributed by atoms with E-state index in [0.717, 1.165) is 46.4 Å². The molecular formula is C67H48ClN7O5. The van der Waals surface area contributed by atoms with Crippen LogP contribution in [0.2, 0.25) is 5.02 Å². The van der Waals surface area contributed by atoms with Crippen molar-refractivity contribution in [3.63, 3.8) is 0 Å². The van der Waals surface area contributed by atoms with E-state index in [9.17, 15) is 19.8 Å². The molecule has 12 nitrogen and oxygen atoms in total. The maximum absolute atomic E-state index is 14.1. The van der Waals surface area contributed by atoms with Gasteiger partial charge in [-0.1, -0.05) is 145 Å². The zero-order chi connectivity index (χ0) is 54.5. The van der Waals surface area contributed by atoms with Gasteiger partial charge >= 0.3 is 0 Å². The second-order valence-corrected chi connectivity index (χ2v) is 19.6. The smallest absolute Gasteiger partial charge is 0.259 e. The number of halogens is 1. The lowest BCUT2D eigenvalue weighted by molar-refractivity contribution is 0.102. The minimum absolute atomic E-state index is 0.000459. The molecule has 0 saturated heterocycles. The number of anilines is 5. The van der Waals surface area contributed by atoms with Gasteiger partial charge in [0.2, 0.25) is 0 Å². The van der Waals surface area contributed by atoms with Crippen LogP contribution in [0.5, 0.6) is 11.5 Å². The third kappa shape index (κ3) is 10.5. The number of phenols is 2. The van der Waals surface area contributed by atoms with Gasteiger partial charge in [0.05, 0.1) is 27.6 Å². The summed E-state index contributed by atoms with van der Waals surface area (Å²) in [5.41, 5.74) is 13.4. The van der Waals surface area contributed by atoms with Gasteiger partial charge in [0.15, 0.2) is 11.5 Å². The molecule has 0 unspecified atom stereocenters. The molecule has 388 valence electrons. The molecule has 0 bridgehead atoms. The van der Waals surface area contributed by atoms with Crippen LogP contribution < -0.4 is 15.7 Å². The average Bonchev–Trinajstić information content (AvgIpc) is 3.84. The SMILES string of the molecule is O=C1c2cc(N=Nc3c(O)c(CONc4ccccc4Cl)cc4ccccc34)ccc2-c2ccc(N=Nc3c(O)c(C(=O)Nc4cccc(CCc5ccc(N(c6ccccc6)c6ccccc6)cc5)c4)cc4ccccc34)cc21. The number of azo groups is 2. The predicted molar refractivity (Wildman–Crippen MR) is 318 cm³/mol. The molecule has 1 aliphatic rings. The largest absolute Gasteiger partial charge is 0.505 e. The van der Waals surface area contributed by atoms with Gasteiger partial charge in [0.1, 0.15) is 23.7 Å². The van der Waals surface area contributed by atoms with E-state index in [1.165, 1.54) is 5.56 Å². The second kappa shape index (κ2) is 22.4. The monoisotopic (exact) mass is 1070 g/mol. The lowest BCUT2D eigenvalue weighted by Gasteiger charge is -2.25. The maximum Gasteiger partial charge on any atom is 0.259 e. The van der Waals surface area contributed by atoms with Gasteiger partial charge in [-0.3, -0.25) is 19.9 Å². The normalized spacial score (nSPS) is 11.8. The molecule has 0 saturated carbocycles. The average molecular weight is 1070 g/mol. The standard InChI is InChI=1S/C67H48ClN7O5/c68-60-24-11-12-25-61(60)74-80-41-46-37-44-15-7-9-22-53(44)62(64(46)76)72-70-48-30-34-55-56-35-31-49(40-58(56)65(77)57(55)39-48)71-73-63-54-23-10-8-16-45(54)38-59(66(63)78)67(79)69-47-17-13-14-43(36-47)27-26-42-28-32-52(33-29-42)75(50-18-3-1-4-19-50)51-20-5-2-6-21-51/h1-25,28-40,74,76,78H,26-27,41H2,(H,69,79). The minimum Gasteiger partial charge on any atom is -0.505 e. The number of aryl methyl sites for hydroxylation is 2. The number of nitrogens with one attached hydrogen (secondary N) is 2. The summed E-state index contributed by atoms with van der Waals surface area (Å²) in [5.74, 6) is -1.17. The molecule has 0 aromatic heterocycles. The van der Waals surface area contributed by atoms with Crippen molar-refractivity contribution in [1.82, 2.24) is 0 Å². The molecule has 0 radical (unpaired) electrons. The van der Waals surface area contributed by atoms with E-state index in [4.69, 9.17) is 16.4 Å². The summed E-state index contributed by atoms with van der Waals surface area (Å²) in [6.07, 6.45) is 1.53. The molecule has 4 N–H and O–H groups in total. The third-order valence-electron chi connectivity index (χ3n) is 14.0. The van der Waals surface area contributed by atoms with Crippen LogP contribution in [0.4, 0.5) is 51.2 Å². The van der Waals surface area contributed by atoms with Crippen molar-refractivity contribution in [2.75, 3.05) is 15.7 Å². The van der Waals surface area contributed by atoms with Gasteiger partial charge in [-0.2, -0.15) is 10.2 Å². The fourth-order valence-electron chi connectivity index (χ4n) is 10.0. The summed E-state index contributed by atoms with van der Waals surface area (Å²) in [6.45, 7) is -0.000459. The number of nitrogens with zero attached hydrogens (tertiary/aromatic N) is 5. The Morgan fingerprint density at radius 2 is 1.05 bits per heavy atom. The lowest BCUT2D eigenvalue weighted by atomic mass is 10.0. The van der Waals surface area contributed by atoms with Crippen LogP contribution in [0.3, 0.4) is 0 Å². The summed E-state index contributed by atoms with van der Waals surface area (Å²) in [5, 5.41) is 47.5. The van der Waals surface area contributed by atoms with Crippen molar-refractivity contribution in [2.45, 2.75) is 19.4 Å². The molecule has 0 spiro atoms. The molecular weight excluding hydrogens is 1020 g/mol. The molecule has 80 heavy (non-hydrogen) atoms. The Bertz CT molecular complexity index is 4190. The summed E-state index contributed by atoms with van der Waals surface area (Å²) in [6, 6.07) is 72.9. The third-order valence-corrected chi connectivity index (χ3v) is 14.4. The number of hydrogen-bond acceptors (Lipinski definition) is 11. The van der Waals surface area contributed by atoms with Crippen LogP contribution in [0.25, 0.3) is 32.7 Å². The first-order valence-corrected chi connectivity index (χ1v) is 26.3. The molecule has 0 fully saturated rings. The number of hydrogen-bond donors (Lipinski definition) is 4. The van der Waals surface area contributed by atoms with Gasteiger partial charge in [-0.05, 0) is 143 Å². The first-order valence-electron chi connectivity index (χ1n) is 25.9. The number of fused-ring (bicyclic) bond motifs is 5. The highest BCUT2D eigenvalue weighted by molar-refractivity contribution is 6.33. The number of benzene rings is 11. The second-order valence-electron chi connectivity index (χ2n) is 19.2. The van der Waals surface area contributed by atoms with Crippen molar-refractivity contribution in [1.29, 1.82) is 0 Å². The van der Waals surface area contributed by atoms with Gasteiger partial charge < -0.3 is 20.4 Å². The number of carbonyl (C=O) groups excluding carboxylic acids is 2. The molecule has 13 heteroatoms. The highest BCUT2D eigenvalue weighted by atomic mass is 35.5. The number of phenolic OH excluding ortho intramolecular Hbond substituents is 2. The molecule has 1 aliphatic carbocycles. The van der Waals surface area contributed by atoms with Crippen molar-refractivity contribution in [3.05, 3.63) is 269 Å². The van der Waals surface area contributed by atoms with Crippen molar-refractivity contribution in [2.24, 2.45) is 20.5 Å². The molecule has 0 atom stereocenters. The zero-order valence-electron chi connectivity index (χ0n) is 42.8. The molecule has 12 rings (SSSR count). The van der Waals surface area contributed by atoms with E-state index in [0.29, 0.717) is 66.2 Å². The van der Waals surface area contributed by atoms with E-state index in [1.807, 2.05) is 133 Å². The van der Waals surface area contributed by atoms with Crippen LogP contribution in [0.1, 0.15) is 43.0 Å². The zero-order valence-corrected chi connectivity index (χ0v) is 43.5. The number of amides is 1. The van der Waals surface area contributed by atoms with Crippen LogP contribution in [-0.2, 0) is 24.3 Å². The fourth-order valence-corrected chi connectivity index (χ4v) is 10.2. The number of aromatic hydroxyl groups is 2. The minimum atomic E-state index is -0.509. The Balaban J connectivity index is 0.733. The first-order chi connectivity index (χ1) is 39.2. The molecule has 0 heterocycles. The first kappa shape index (κ1) is 50.5. The molecule has 0 aliphatic heterocycles. The molecule has 1 amide bonds. The van der Waals surface area contributed by atoms with E-state index in [-0.39, 0.29) is 40.8 Å². The number of para-hydroxylation sites is 3. The van der Waals surface area contributed by atoms with Crippen LogP contribution in [-0.4, -0.2) is 21.9 Å². The molecule has 11 aromatic rings. The number of carbonyl (C=O) groups is 2. The van der Waals surface area contributed by atoms with Crippen LogP contribution in [0, 0.1) is 0 Å². The van der Waals surface area contributed by atoms with Crippen molar-refractivity contribution >= 4 is 96.0 Å². The summed E-state index contributed by atoms with van der Waals surface area (Å²) in [7, 11) is 0. The van der Waals surface area contributed by atoms with Crippen molar-refractivity contribution in [3.8, 4) is 22.6 Å². The Kier molecular flexibility index (Phi) is 14.1. The topological polar surface area (TPSA) is 161 Å². The van der Waals surface area contributed by atoms with E-state index >= 15 is 0 Å². The summed E-state index contributed by atoms with van der Waals surface area (Å²) >= 11 is 6.28. The summed E-state index contributed by atoms with van der Waals surface area (Å²) in [4.78, 5) is 36.1. The number of rotatable bonds is 16. The lowest BCUT2D eigenvalue weighted by Crippen LogP contribution is -2.12. The van der Waals surface area contributed by atoms with Crippen molar-refractivity contribution < 1.29 is 24.6 Å². The number of ketones is 1. The van der Waals surface area contributed by atoms with Crippen LogP contribution in [0.15, 0.2) is 251 Å². The Morgan fingerprint density at radius 3 is 1.69 bits per heavy atom. The maximum atomic E-state index is 14.1. The predicted octanol–water partition coefficient (Wildman–Crippen LogP) is 18.2. The van der Waals surface area contributed by atoms with E-state index in [2.05, 4.69) is 84.7 Å². The quantitative estimate of drug-likeness (QED) is 0.0553. The summed E-state index contributed by atoms with van der Waals surface area (Å²) < 4.78 is 0. The van der Waals surface area contributed by atoms with E-state index in [1.54, 1.807) is 48.5 Å². The highest BCUT2D eigenvalue weighted by Crippen LogP contribution is 2.44. The van der Waals surface area contributed by atoms with Gasteiger partial charge in [0, 0.05) is 50.2 Å².